The minimum absolute atomic E-state index is 0.344. The van der Waals surface area contributed by atoms with Gasteiger partial charge in [-0.3, -0.25) is 9.89 Å². The molecule has 0 atom stereocenters. The fourth-order valence-electron chi connectivity index (χ4n) is 3.25. The summed E-state index contributed by atoms with van der Waals surface area (Å²) in [6.07, 6.45) is 0.778. The Morgan fingerprint density at radius 1 is 1.29 bits per heavy atom. The molecule has 0 spiro atoms. The summed E-state index contributed by atoms with van der Waals surface area (Å²) in [5.41, 5.74) is 0.138. The molecular weight excluding hydrogens is 385 g/mol. The quantitative estimate of drug-likeness (QED) is 0.382. The molecule has 1 fully saturated rings. The third-order valence-electron chi connectivity index (χ3n) is 4.71. The lowest BCUT2D eigenvalue weighted by molar-refractivity contribution is -0.137. The van der Waals surface area contributed by atoms with Gasteiger partial charge in [-0.15, -0.1) is 0 Å². The van der Waals surface area contributed by atoms with Crippen LogP contribution in [0.1, 0.15) is 37.3 Å². The highest BCUT2D eigenvalue weighted by molar-refractivity contribution is 7.98. The van der Waals surface area contributed by atoms with E-state index in [0.717, 1.165) is 63.2 Å². The maximum absolute atomic E-state index is 12.9. The van der Waals surface area contributed by atoms with Crippen LogP contribution in [-0.4, -0.2) is 55.1 Å². The fraction of sp³-hybridized carbons (Fsp3) is 0.650. The zero-order valence-corrected chi connectivity index (χ0v) is 17.5. The van der Waals surface area contributed by atoms with Crippen LogP contribution in [0.4, 0.5) is 13.2 Å². The number of aliphatic imine (C=N–C) groups is 1. The molecule has 1 aromatic carbocycles. The van der Waals surface area contributed by atoms with Crippen LogP contribution in [0.3, 0.4) is 0 Å². The lowest BCUT2D eigenvalue weighted by atomic mass is 10.0. The van der Waals surface area contributed by atoms with Gasteiger partial charge >= 0.3 is 6.18 Å². The maximum Gasteiger partial charge on any atom is 0.416 e. The Hall–Kier alpha value is -1.41. The van der Waals surface area contributed by atoms with Gasteiger partial charge in [-0.05, 0) is 49.8 Å². The molecule has 0 unspecified atom stereocenters. The highest BCUT2D eigenvalue weighted by Crippen LogP contribution is 2.30. The first-order chi connectivity index (χ1) is 13.4. The number of rotatable bonds is 8. The first-order valence-electron chi connectivity index (χ1n) is 9.84. The number of hydrogen-bond donors (Lipinski definition) is 2. The van der Waals surface area contributed by atoms with Gasteiger partial charge in [0, 0.05) is 38.8 Å². The van der Waals surface area contributed by atoms with Gasteiger partial charge in [0.2, 0.25) is 0 Å². The summed E-state index contributed by atoms with van der Waals surface area (Å²) in [4.78, 5) is 6.84. The molecule has 1 aliphatic heterocycles. The van der Waals surface area contributed by atoms with Crippen LogP contribution in [0.15, 0.2) is 29.3 Å². The van der Waals surface area contributed by atoms with Gasteiger partial charge in [0.15, 0.2) is 5.96 Å². The molecule has 2 N–H and O–H groups in total. The van der Waals surface area contributed by atoms with E-state index in [0.29, 0.717) is 18.2 Å². The van der Waals surface area contributed by atoms with Gasteiger partial charge in [0.05, 0.1) is 5.56 Å². The van der Waals surface area contributed by atoms with Gasteiger partial charge in [-0.1, -0.05) is 18.2 Å². The van der Waals surface area contributed by atoms with Crippen LogP contribution >= 0.6 is 11.8 Å². The first-order valence-corrected chi connectivity index (χ1v) is 11.2. The monoisotopic (exact) mass is 416 g/mol. The van der Waals surface area contributed by atoms with Crippen molar-refractivity contribution in [3.8, 4) is 0 Å². The number of benzene rings is 1. The van der Waals surface area contributed by atoms with E-state index in [1.807, 2.05) is 11.8 Å². The Balaban J connectivity index is 1.81. The Kier molecular flexibility index (Phi) is 9.44. The number of guanidine groups is 1. The van der Waals surface area contributed by atoms with E-state index in [4.69, 9.17) is 0 Å². The van der Waals surface area contributed by atoms with E-state index in [-0.39, 0.29) is 0 Å². The van der Waals surface area contributed by atoms with Crippen LogP contribution in [0.25, 0.3) is 0 Å². The van der Waals surface area contributed by atoms with Gasteiger partial charge in [0.25, 0.3) is 0 Å². The number of halogens is 3. The van der Waals surface area contributed by atoms with Crippen molar-refractivity contribution in [3.63, 3.8) is 0 Å². The maximum atomic E-state index is 12.9. The number of thioether (sulfide) groups is 1. The second-order valence-electron chi connectivity index (χ2n) is 7.00. The molecule has 1 heterocycles. The van der Waals surface area contributed by atoms with Crippen molar-refractivity contribution in [1.29, 1.82) is 0 Å². The molecule has 0 saturated carbocycles. The molecule has 0 aliphatic carbocycles. The van der Waals surface area contributed by atoms with Crippen molar-refractivity contribution in [2.45, 2.75) is 44.9 Å². The number of likely N-dealkylation sites (tertiary alicyclic amines) is 1. The molecule has 2 rings (SSSR count). The van der Waals surface area contributed by atoms with E-state index in [1.165, 1.54) is 12.1 Å². The average molecular weight is 417 g/mol. The third-order valence-corrected chi connectivity index (χ3v) is 5.41. The lowest BCUT2D eigenvalue weighted by Crippen LogP contribution is -2.48. The highest BCUT2D eigenvalue weighted by Gasteiger charge is 2.30. The molecule has 0 bridgehead atoms. The standard InChI is InChI=1S/C20H31F3N4S/c1-3-24-19(25-10-5-13-28-2)26-18-8-11-27(12-9-18)15-16-6-4-7-17(14-16)20(21,22)23/h4,6-7,14,18H,3,5,8-13,15H2,1-2H3,(H2,24,25,26). The van der Waals surface area contributed by atoms with Crippen LogP contribution in [0.5, 0.6) is 0 Å². The summed E-state index contributed by atoms with van der Waals surface area (Å²) in [6, 6.07) is 5.98. The van der Waals surface area contributed by atoms with E-state index in [1.54, 1.807) is 6.07 Å². The molecule has 8 heteroatoms. The van der Waals surface area contributed by atoms with Crippen LogP contribution < -0.4 is 10.6 Å². The van der Waals surface area contributed by atoms with Crippen LogP contribution in [0, 0.1) is 0 Å². The molecule has 0 aromatic heterocycles. The second kappa shape index (κ2) is 11.6. The average Bonchev–Trinajstić information content (AvgIpc) is 2.66. The molecule has 28 heavy (non-hydrogen) atoms. The highest BCUT2D eigenvalue weighted by atomic mass is 32.2. The Morgan fingerprint density at radius 3 is 2.68 bits per heavy atom. The molecule has 1 aliphatic rings. The van der Waals surface area contributed by atoms with Gasteiger partial charge < -0.3 is 10.6 Å². The van der Waals surface area contributed by atoms with Gasteiger partial charge in [0.1, 0.15) is 0 Å². The molecule has 1 aromatic rings. The Bertz CT molecular complexity index is 614. The predicted molar refractivity (Wildman–Crippen MR) is 112 cm³/mol. The number of alkyl halides is 3. The zero-order valence-electron chi connectivity index (χ0n) is 16.7. The number of piperidine rings is 1. The first kappa shape index (κ1) is 22.9. The summed E-state index contributed by atoms with van der Waals surface area (Å²) in [5, 5.41) is 6.79. The van der Waals surface area contributed by atoms with Crippen molar-refractivity contribution in [1.82, 2.24) is 15.5 Å². The Labute approximate surface area is 170 Å². The van der Waals surface area contributed by atoms with E-state index in [2.05, 4.69) is 33.7 Å². The summed E-state index contributed by atoms with van der Waals surface area (Å²) in [5.74, 6) is 1.97. The largest absolute Gasteiger partial charge is 0.416 e. The second-order valence-corrected chi connectivity index (χ2v) is 7.99. The van der Waals surface area contributed by atoms with Crippen molar-refractivity contribution >= 4 is 17.7 Å². The Morgan fingerprint density at radius 2 is 2.04 bits per heavy atom. The van der Waals surface area contributed by atoms with E-state index < -0.39 is 11.7 Å². The normalized spacial score (nSPS) is 17.0. The fourth-order valence-corrected chi connectivity index (χ4v) is 3.67. The summed E-state index contributed by atoms with van der Waals surface area (Å²) < 4.78 is 38.6. The topological polar surface area (TPSA) is 39.7 Å². The number of nitrogens with one attached hydrogen (secondary N) is 2. The molecule has 4 nitrogen and oxygen atoms in total. The summed E-state index contributed by atoms with van der Waals surface area (Å²) in [6.45, 7) is 5.96. The van der Waals surface area contributed by atoms with Crippen LogP contribution in [-0.2, 0) is 12.7 Å². The molecular formula is C20H31F3N4S. The van der Waals surface area contributed by atoms with E-state index in [9.17, 15) is 13.2 Å². The molecule has 0 amide bonds. The lowest BCUT2D eigenvalue weighted by Gasteiger charge is -2.33. The van der Waals surface area contributed by atoms with E-state index >= 15 is 0 Å². The third kappa shape index (κ3) is 7.91. The van der Waals surface area contributed by atoms with Gasteiger partial charge in [-0.2, -0.15) is 24.9 Å². The zero-order chi connectivity index (χ0) is 20.4. The smallest absolute Gasteiger partial charge is 0.357 e. The number of hydrogen-bond acceptors (Lipinski definition) is 3. The van der Waals surface area contributed by atoms with Crippen molar-refractivity contribution in [2.24, 2.45) is 4.99 Å². The van der Waals surface area contributed by atoms with Crippen LogP contribution in [0.2, 0.25) is 0 Å². The summed E-state index contributed by atoms with van der Waals surface area (Å²) in [7, 11) is 0. The van der Waals surface area contributed by atoms with Crippen molar-refractivity contribution in [3.05, 3.63) is 35.4 Å². The molecule has 158 valence electrons. The number of nitrogens with zero attached hydrogens (tertiary/aromatic N) is 2. The minimum atomic E-state index is -4.29. The molecule has 0 radical (unpaired) electrons. The van der Waals surface area contributed by atoms with Crippen molar-refractivity contribution < 1.29 is 13.2 Å². The van der Waals surface area contributed by atoms with Crippen molar-refractivity contribution in [2.75, 3.05) is 38.2 Å². The molecule has 1 saturated heterocycles. The SMILES string of the molecule is CCNC(=NCCCSC)NC1CCN(Cc2cccc(C(F)(F)F)c2)CC1. The summed E-state index contributed by atoms with van der Waals surface area (Å²) >= 11 is 1.83. The predicted octanol–water partition coefficient (Wildman–Crippen LogP) is 3.98. The minimum Gasteiger partial charge on any atom is -0.357 e. The van der Waals surface area contributed by atoms with Gasteiger partial charge in [-0.25, -0.2) is 0 Å².